The summed E-state index contributed by atoms with van der Waals surface area (Å²) >= 11 is 0. The van der Waals surface area contributed by atoms with E-state index < -0.39 is 0 Å². The zero-order valence-electron chi connectivity index (χ0n) is 26.7. The smallest absolute Gasteiger partial charge is 0.221 e. The maximum absolute atomic E-state index is 12.9. The van der Waals surface area contributed by atoms with Gasteiger partial charge in [0, 0.05) is 57.6 Å². The summed E-state index contributed by atoms with van der Waals surface area (Å²) in [5.74, 6) is 4.72. The van der Waals surface area contributed by atoms with Gasteiger partial charge in [0.1, 0.15) is 5.72 Å². The third kappa shape index (κ3) is 4.77. The summed E-state index contributed by atoms with van der Waals surface area (Å²) in [7, 11) is 2.19. The van der Waals surface area contributed by atoms with E-state index in [2.05, 4.69) is 61.3 Å². The van der Waals surface area contributed by atoms with Gasteiger partial charge >= 0.3 is 0 Å². The number of carbonyl (C=O) groups is 1. The van der Waals surface area contributed by atoms with Crippen molar-refractivity contribution in [3.8, 4) is 0 Å². The second kappa shape index (κ2) is 10.6. The van der Waals surface area contributed by atoms with Gasteiger partial charge in [0.25, 0.3) is 0 Å². The van der Waals surface area contributed by atoms with Crippen LogP contribution < -0.4 is 10.6 Å². The Morgan fingerprint density at radius 3 is 2.63 bits per heavy atom. The summed E-state index contributed by atoms with van der Waals surface area (Å²) < 4.78 is 7.09. The average Bonchev–Trinajstić information content (AvgIpc) is 3.40. The van der Waals surface area contributed by atoms with Crippen LogP contribution in [0.5, 0.6) is 0 Å². The molecule has 2 N–H and O–H groups in total. The fraction of sp³-hybridized carbons (Fsp3) is 0.914. The lowest BCUT2D eigenvalue weighted by Crippen LogP contribution is -2.57. The summed E-state index contributed by atoms with van der Waals surface area (Å²) in [4.78, 5) is 17.7. The van der Waals surface area contributed by atoms with Gasteiger partial charge in [-0.3, -0.25) is 10.1 Å². The fourth-order valence-corrected chi connectivity index (χ4v) is 11.6. The Labute approximate surface area is 249 Å². The Balaban J connectivity index is 0.988. The number of likely N-dealkylation sites (N-methyl/N-ethyl adjacent to an activating group) is 1. The van der Waals surface area contributed by atoms with Gasteiger partial charge in [-0.2, -0.15) is 0 Å². The molecule has 6 heteroatoms. The van der Waals surface area contributed by atoms with E-state index in [9.17, 15) is 4.79 Å². The highest BCUT2D eigenvalue weighted by Gasteiger charge is 2.68. The monoisotopic (exact) mass is 566 g/mol. The topological polar surface area (TPSA) is 56.8 Å². The van der Waals surface area contributed by atoms with Gasteiger partial charge in [-0.1, -0.05) is 39.3 Å². The van der Waals surface area contributed by atoms with Gasteiger partial charge in [-0.15, -0.1) is 0 Å². The summed E-state index contributed by atoms with van der Waals surface area (Å²) in [6.45, 7) is 16.6. The van der Waals surface area contributed by atoms with Crippen molar-refractivity contribution in [2.24, 2.45) is 46.3 Å². The Morgan fingerprint density at radius 1 is 1.07 bits per heavy atom. The molecule has 3 saturated heterocycles. The summed E-state index contributed by atoms with van der Waals surface area (Å²) in [5, 5.41) is 7.37. The van der Waals surface area contributed by atoms with E-state index in [1.165, 1.54) is 44.9 Å². The minimum absolute atomic E-state index is 0.0639. The molecule has 7 aliphatic rings. The van der Waals surface area contributed by atoms with Crippen molar-refractivity contribution >= 4 is 5.91 Å². The molecule has 6 fully saturated rings. The lowest BCUT2D eigenvalue weighted by molar-refractivity contribution is -0.122. The Bertz CT molecular complexity index is 1030. The molecule has 230 valence electrons. The van der Waals surface area contributed by atoms with Gasteiger partial charge in [-0.25, -0.2) is 0 Å². The van der Waals surface area contributed by atoms with Crippen LogP contribution >= 0.6 is 0 Å². The van der Waals surface area contributed by atoms with E-state index in [4.69, 9.17) is 4.74 Å². The van der Waals surface area contributed by atoms with Crippen LogP contribution in [-0.4, -0.2) is 79.9 Å². The molecule has 0 aromatic carbocycles. The van der Waals surface area contributed by atoms with Gasteiger partial charge in [0.15, 0.2) is 0 Å². The first-order chi connectivity index (χ1) is 19.6. The molecule has 0 bridgehead atoms. The lowest BCUT2D eigenvalue weighted by atomic mass is 9.46. The summed E-state index contributed by atoms with van der Waals surface area (Å²) in [6, 6.07) is 0.321. The van der Waals surface area contributed by atoms with Gasteiger partial charge in [0.2, 0.25) is 5.91 Å². The number of piperidine rings is 1. The second-order valence-electron chi connectivity index (χ2n) is 16.3. The van der Waals surface area contributed by atoms with Crippen molar-refractivity contribution < 1.29 is 9.53 Å². The quantitative estimate of drug-likeness (QED) is 0.467. The van der Waals surface area contributed by atoms with E-state index in [-0.39, 0.29) is 11.6 Å². The predicted molar refractivity (Wildman–Crippen MR) is 164 cm³/mol. The maximum Gasteiger partial charge on any atom is 0.221 e. The highest BCUT2D eigenvalue weighted by atomic mass is 16.5. The normalized spacial score (nSPS) is 50.0. The number of carbonyl (C=O) groups excluding carboxylic acids is 1. The predicted octanol–water partition coefficient (Wildman–Crippen LogP) is 5.05. The van der Waals surface area contributed by atoms with E-state index >= 15 is 0 Å². The molecule has 6 nitrogen and oxygen atoms in total. The Kier molecular flexibility index (Phi) is 7.44. The maximum atomic E-state index is 12.9. The number of ether oxygens (including phenoxy) is 1. The van der Waals surface area contributed by atoms with Gasteiger partial charge in [0.05, 0.1) is 6.10 Å². The lowest BCUT2D eigenvalue weighted by Gasteiger charge is -2.58. The number of rotatable bonds is 4. The van der Waals surface area contributed by atoms with Crippen molar-refractivity contribution in [1.82, 2.24) is 20.4 Å². The minimum atomic E-state index is -0.0639. The standard InChI is InChI=1S/C35H58N4O2/c1-23-8-14-35(36-22-23)24(2)32-30(41-35)21-29-27-7-6-25-20-26(9-12-33(25,3)28(27)10-13-34(29,32)4)37-31(40)11-15-39-18-16-38(5)17-19-39/h6,23-24,26-30,32,36H,7-22H2,1-5H3,(H,37,40)/t23-,24+,26+,27-,28+,29+,30+,32+,33+,34+,35-/m1/s1. The molecular weight excluding hydrogens is 508 g/mol. The molecular formula is C35H58N4O2. The number of amides is 1. The molecule has 1 spiro atoms. The number of nitrogens with zero attached hydrogens (tertiary/aromatic N) is 2. The third-order valence-corrected chi connectivity index (χ3v) is 14.2. The molecule has 3 heterocycles. The van der Waals surface area contributed by atoms with E-state index in [0.29, 0.717) is 41.2 Å². The van der Waals surface area contributed by atoms with Gasteiger partial charge < -0.3 is 19.9 Å². The van der Waals surface area contributed by atoms with Crippen LogP contribution in [0.15, 0.2) is 11.6 Å². The van der Waals surface area contributed by atoms with Crippen LogP contribution in [0.1, 0.15) is 91.9 Å². The summed E-state index contributed by atoms with van der Waals surface area (Å²) in [6.07, 6.45) is 14.9. The molecule has 3 aliphatic heterocycles. The van der Waals surface area contributed by atoms with Crippen LogP contribution in [0.2, 0.25) is 0 Å². The number of fused-ring (bicyclic) bond motifs is 7. The second-order valence-corrected chi connectivity index (χ2v) is 16.3. The van der Waals surface area contributed by atoms with Crippen LogP contribution in [0.25, 0.3) is 0 Å². The molecule has 4 aliphatic carbocycles. The first-order valence-corrected chi connectivity index (χ1v) is 17.4. The van der Waals surface area contributed by atoms with E-state index in [0.717, 1.165) is 75.8 Å². The number of hydrogen-bond acceptors (Lipinski definition) is 5. The molecule has 0 aromatic heterocycles. The number of allylic oxidation sites excluding steroid dienone is 1. The average molecular weight is 567 g/mol. The van der Waals surface area contributed by atoms with Crippen molar-refractivity contribution in [2.75, 3.05) is 46.3 Å². The van der Waals surface area contributed by atoms with Crippen LogP contribution in [0.3, 0.4) is 0 Å². The fourth-order valence-electron chi connectivity index (χ4n) is 11.6. The zero-order valence-corrected chi connectivity index (χ0v) is 26.7. The van der Waals surface area contributed by atoms with Crippen molar-refractivity contribution in [2.45, 2.75) is 110 Å². The third-order valence-electron chi connectivity index (χ3n) is 14.2. The van der Waals surface area contributed by atoms with Crippen molar-refractivity contribution in [3.63, 3.8) is 0 Å². The highest BCUT2D eigenvalue weighted by Crippen LogP contribution is 2.70. The molecule has 1 amide bonds. The Hall–Kier alpha value is -0.950. The van der Waals surface area contributed by atoms with Crippen LogP contribution in [0.4, 0.5) is 0 Å². The van der Waals surface area contributed by atoms with Crippen molar-refractivity contribution in [1.29, 1.82) is 0 Å². The molecule has 0 unspecified atom stereocenters. The largest absolute Gasteiger partial charge is 0.357 e. The number of nitrogens with one attached hydrogen (secondary N) is 2. The Morgan fingerprint density at radius 2 is 1.88 bits per heavy atom. The minimum Gasteiger partial charge on any atom is -0.357 e. The molecule has 41 heavy (non-hydrogen) atoms. The molecule has 3 saturated carbocycles. The molecule has 11 atom stereocenters. The molecule has 7 rings (SSSR count). The molecule has 0 radical (unpaired) electrons. The van der Waals surface area contributed by atoms with Gasteiger partial charge in [-0.05, 0) is 105 Å². The zero-order chi connectivity index (χ0) is 28.6. The number of piperazine rings is 1. The highest BCUT2D eigenvalue weighted by molar-refractivity contribution is 5.76. The SMILES string of the molecule is C[C@@H]1CC[C@@]2(NC1)O[C@H]1C[C@H]3[C@@H]4CC=C5C[C@@H](NC(=O)CCN6CCN(C)CC6)CC[C@]5(C)[C@H]4CC[C@]3(C)[C@H]1[C@@H]2C. The van der Waals surface area contributed by atoms with Crippen molar-refractivity contribution in [3.05, 3.63) is 11.6 Å². The first-order valence-electron chi connectivity index (χ1n) is 17.4. The van der Waals surface area contributed by atoms with Crippen LogP contribution in [0, 0.1) is 46.3 Å². The first kappa shape index (κ1) is 28.8. The van der Waals surface area contributed by atoms with E-state index in [1.807, 2.05) is 0 Å². The van der Waals surface area contributed by atoms with Crippen LogP contribution in [-0.2, 0) is 9.53 Å². The summed E-state index contributed by atoms with van der Waals surface area (Å²) in [5.41, 5.74) is 2.33. The van der Waals surface area contributed by atoms with E-state index in [1.54, 1.807) is 5.57 Å². The number of hydrogen-bond donors (Lipinski definition) is 2. The molecule has 0 aromatic rings.